The molecule has 0 bridgehead atoms. The van der Waals surface area contributed by atoms with Gasteiger partial charge in [-0.05, 0) is 26.5 Å². The molecule has 1 unspecified atom stereocenters. The second-order valence-corrected chi connectivity index (χ2v) is 3.73. The van der Waals surface area contributed by atoms with Crippen LogP contribution in [0, 0.1) is 0 Å². The van der Waals surface area contributed by atoms with E-state index in [0.717, 1.165) is 0 Å². The molecule has 0 spiro atoms. The van der Waals surface area contributed by atoms with E-state index < -0.39 is 0 Å². The van der Waals surface area contributed by atoms with Crippen LogP contribution in [0.4, 0.5) is 0 Å². The molecule has 0 radical (unpaired) electrons. The van der Waals surface area contributed by atoms with Crippen LogP contribution in [0.15, 0.2) is 16.8 Å². The Morgan fingerprint density at radius 2 is 2.40 bits per heavy atom. The van der Waals surface area contributed by atoms with Gasteiger partial charge in [-0.2, -0.15) is 0 Å². The summed E-state index contributed by atoms with van der Waals surface area (Å²) in [6.45, 7) is 4.23. The first-order valence-electron chi connectivity index (χ1n) is 3.24. The van der Waals surface area contributed by atoms with Crippen LogP contribution >= 0.6 is 11.8 Å². The number of likely N-dealkylation sites (N-methyl/N-ethyl adjacent to an activating group) is 1. The van der Waals surface area contributed by atoms with E-state index in [0.29, 0.717) is 0 Å². The van der Waals surface area contributed by atoms with Crippen molar-refractivity contribution >= 4 is 17.3 Å². The fourth-order valence-corrected chi connectivity index (χ4v) is 1.44. The molecule has 0 aromatic rings. The van der Waals surface area contributed by atoms with Gasteiger partial charge in [-0.1, -0.05) is 11.8 Å². The number of hydrogen-bond donors (Lipinski definition) is 1. The molecule has 1 rings (SSSR count). The van der Waals surface area contributed by atoms with Crippen molar-refractivity contribution in [3.8, 4) is 0 Å². The molecule has 3 heteroatoms. The Morgan fingerprint density at radius 3 is 2.80 bits per heavy atom. The molecule has 1 heterocycles. The van der Waals surface area contributed by atoms with Gasteiger partial charge >= 0.3 is 0 Å². The van der Waals surface area contributed by atoms with Crippen molar-refractivity contribution in [3.63, 3.8) is 0 Å². The topological polar surface area (TPSA) is 24.4 Å². The fourth-order valence-electron chi connectivity index (χ4n) is 0.750. The Bertz CT molecular complexity index is 186. The number of hydrogen-bond acceptors (Lipinski definition) is 3. The largest absolute Gasteiger partial charge is 0.302 e. The number of thioether (sulfide) groups is 1. The minimum atomic E-state index is 0.0573. The van der Waals surface area contributed by atoms with Gasteiger partial charge in [-0.25, -0.2) is 0 Å². The molecular weight excluding hydrogens is 144 g/mol. The third-order valence-corrected chi connectivity index (χ3v) is 3.07. The molecule has 0 aromatic heterocycles. The van der Waals surface area contributed by atoms with Crippen LogP contribution in [0.5, 0.6) is 0 Å². The first kappa shape index (κ1) is 7.82. The average molecular weight is 156 g/mol. The summed E-state index contributed by atoms with van der Waals surface area (Å²) in [5.74, 6) is 0. The lowest BCUT2D eigenvalue weighted by Crippen LogP contribution is -2.38. The van der Waals surface area contributed by atoms with Gasteiger partial charge < -0.3 is 5.32 Å². The van der Waals surface area contributed by atoms with Crippen molar-refractivity contribution in [2.45, 2.75) is 18.7 Å². The lowest BCUT2D eigenvalue weighted by molar-refractivity contribution is 0.635. The highest BCUT2D eigenvalue weighted by Gasteiger charge is 2.25. The minimum absolute atomic E-state index is 0.0573. The van der Waals surface area contributed by atoms with Crippen LogP contribution in [0.1, 0.15) is 13.8 Å². The summed E-state index contributed by atoms with van der Waals surface area (Å²) in [7, 11) is 1.96. The van der Waals surface area contributed by atoms with Crippen molar-refractivity contribution in [2.24, 2.45) is 4.99 Å². The maximum Gasteiger partial charge on any atom is 0.0900 e. The zero-order valence-electron chi connectivity index (χ0n) is 6.51. The van der Waals surface area contributed by atoms with Gasteiger partial charge in [0.05, 0.1) is 10.4 Å². The maximum absolute atomic E-state index is 4.04. The lowest BCUT2D eigenvalue weighted by atomic mass is 10.1. The average Bonchev–Trinajstić information content (AvgIpc) is 1.96. The normalized spacial score (nSPS) is 32.1. The Hall–Kier alpha value is -0.280. The molecule has 1 atom stereocenters. The molecule has 1 aliphatic rings. The minimum Gasteiger partial charge on any atom is -0.302 e. The molecule has 10 heavy (non-hydrogen) atoms. The summed E-state index contributed by atoms with van der Waals surface area (Å²) in [5, 5.41) is 3.23. The molecular formula is C7H12N2S. The third kappa shape index (κ3) is 1.25. The molecule has 2 nitrogen and oxygen atoms in total. The molecule has 0 saturated carbocycles. The monoisotopic (exact) mass is 156 g/mol. The van der Waals surface area contributed by atoms with Gasteiger partial charge in [0.1, 0.15) is 0 Å². The van der Waals surface area contributed by atoms with Crippen LogP contribution in [0.3, 0.4) is 0 Å². The Balaban J connectivity index is 2.81. The van der Waals surface area contributed by atoms with E-state index in [1.165, 1.54) is 5.57 Å². The highest BCUT2D eigenvalue weighted by atomic mass is 32.2. The van der Waals surface area contributed by atoms with Crippen molar-refractivity contribution in [3.05, 3.63) is 11.8 Å². The summed E-state index contributed by atoms with van der Waals surface area (Å²) in [4.78, 5) is 4.09. The molecule has 0 amide bonds. The van der Waals surface area contributed by atoms with Crippen LogP contribution in [0.25, 0.3) is 0 Å². The molecule has 0 fully saturated rings. The maximum atomic E-state index is 4.04. The van der Waals surface area contributed by atoms with E-state index in [2.05, 4.69) is 24.2 Å². The number of rotatable bonds is 1. The number of aliphatic imine (C=N–C) groups is 1. The van der Waals surface area contributed by atoms with Crippen LogP contribution in [-0.4, -0.2) is 17.5 Å². The smallest absolute Gasteiger partial charge is 0.0900 e. The van der Waals surface area contributed by atoms with Gasteiger partial charge in [-0.15, -0.1) is 0 Å². The van der Waals surface area contributed by atoms with E-state index in [1.807, 2.05) is 18.8 Å². The first-order valence-corrected chi connectivity index (χ1v) is 4.12. The predicted molar refractivity (Wildman–Crippen MR) is 47.3 cm³/mol. The van der Waals surface area contributed by atoms with Gasteiger partial charge in [0.2, 0.25) is 0 Å². The predicted octanol–water partition coefficient (Wildman–Crippen LogP) is 1.60. The van der Waals surface area contributed by atoms with Crippen LogP contribution in [0.2, 0.25) is 0 Å². The fraction of sp³-hybridized carbons (Fsp3) is 0.571. The van der Waals surface area contributed by atoms with Crippen LogP contribution in [-0.2, 0) is 0 Å². The van der Waals surface area contributed by atoms with Crippen molar-refractivity contribution in [1.29, 1.82) is 0 Å². The number of nitrogens with one attached hydrogen (secondary N) is 1. The summed E-state index contributed by atoms with van der Waals surface area (Å²) in [6.07, 6.45) is 1.90. The molecule has 1 N–H and O–H groups in total. The van der Waals surface area contributed by atoms with E-state index in [9.17, 15) is 0 Å². The van der Waals surface area contributed by atoms with E-state index in [-0.39, 0.29) is 4.87 Å². The Labute approximate surface area is 65.8 Å². The van der Waals surface area contributed by atoms with E-state index in [1.54, 1.807) is 11.8 Å². The van der Waals surface area contributed by atoms with Gasteiger partial charge in [0, 0.05) is 6.20 Å². The second-order valence-electron chi connectivity index (χ2n) is 2.47. The summed E-state index contributed by atoms with van der Waals surface area (Å²) < 4.78 is 0. The summed E-state index contributed by atoms with van der Waals surface area (Å²) in [5.41, 5.74) is 3.13. The van der Waals surface area contributed by atoms with Gasteiger partial charge in [0.25, 0.3) is 0 Å². The third-order valence-electron chi connectivity index (χ3n) is 1.85. The molecule has 56 valence electrons. The highest BCUT2D eigenvalue weighted by Crippen LogP contribution is 2.30. The molecule has 0 saturated heterocycles. The zero-order valence-corrected chi connectivity index (χ0v) is 7.33. The zero-order chi connectivity index (χ0) is 7.61. The van der Waals surface area contributed by atoms with Crippen molar-refractivity contribution in [2.75, 3.05) is 7.05 Å². The van der Waals surface area contributed by atoms with Crippen molar-refractivity contribution < 1.29 is 0 Å². The van der Waals surface area contributed by atoms with Gasteiger partial charge in [0.15, 0.2) is 0 Å². The quantitative estimate of drug-likeness (QED) is 0.623. The Kier molecular flexibility index (Phi) is 2.16. The highest BCUT2D eigenvalue weighted by molar-refractivity contribution is 8.13. The summed E-state index contributed by atoms with van der Waals surface area (Å²) in [6, 6.07) is 0. The number of nitrogens with zero attached hydrogens (tertiary/aromatic N) is 1. The van der Waals surface area contributed by atoms with Crippen molar-refractivity contribution in [1.82, 2.24) is 5.32 Å². The molecule has 1 aliphatic heterocycles. The SMILES string of the molecule is CNC1(C)SC=NC=C1C. The first-order chi connectivity index (χ1) is 4.69. The molecule has 0 aliphatic carbocycles. The molecule has 0 aromatic carbocycles. The summed E-state index contributed by atoms with van der Waals surface area (Å²) >= 11 is 1.70. The van der Waals surface area contributed by atoms with Gasteiger partial charge in [-0.3, -0.25) is 4.99 Å². The van der Waals surface area contributed by atoms with E-state index >= 15 is 0 Å². The van der Waals surface area contributed by atoms with Crippen LogP contribution < -0.4 is 5.32 Å². The lowest BCUT2D eigenvalue weighted by Gasteiger charge is -2.29. The second kappa shape index (κ2) is 2.76. The standard InChI is InChI=1S/C7H12N2S/c1-6-4-9-5-10-7(6,2)8-3/h4-5,8H,1-3H3. The Morgan fingerprint density at radius 1 is 1.70 bits per heavy atom. The van der Waals surface area contributed by atoms with E-state index in [4.69, 9.17) is 0 Å².